The van der Waals surface area contributed by atoms with Crippen LogP contribution in [0.4, 0.5) is 0 Å². The number of hydrogen-bond acceptors (Lipinski definition) is 6. The van der Waals surface area contributed by atoms with Crippen LogP contribution in [0.15, 0.2) is 22.9 Å². The average Bonchev–Trinajstić information content (AvgIpc) is 3.94. The Kier molecular flexibility index (Phi) is 13.8. The molecule has 9 nitrogen and oxygen atoms in total. The Morgan fingerprint density at radius 2 is 1.51 bits per heavy atom. The number of rotatable bonds is 16. The fourth-order valence-corrected chi connectivity index (χ4v) is 9.77. The molecule has 0 spiro atoms. The van der Waals surface area contributed by atoms with Crippen LogP contribution in [0.3, 0.4) is 0 Å². The molecule has 9 heteroatoms. The Morgan fingerprint density at radius 3 is 2.20 bits per heavy atom. The Labute approximate surface area is 350 Å². The van der Waals surface area contributed by atoms with Gasteiger partial charge in [0, 0.05) is 51.0 Å². The minimum atomic E-state index is -1.10. The Morgan fingerprint density at radius 1 is 0.814 bits per heavy atom. The average molecular weight is 805 g/mol. The van der Waals surface area contributed by atoms with Gasteiger partial charge in [-0.1, -0.05) is 65.9 Å². The molecule has 8 bridgehead atoms. The number of carbonyl (C=O) groups excluding carboxylic acids is 3. The molecule has 1 aliphatic carbocycles. The summed E-state index contributed by atoms with van der Waals surface area (Å²) < 4.78 is 11.1. The van der Waals surface area contributed by atoms with Gasteiger partial charge in [0.1, 0.15) is 12.5 Å². The maximum Gasteiger partial charge on any atom is 0.320 e. The molecule has 0 fully saturated rings. The zero-order chi connectivity index (χ0) is 42.7. The van der Waals surface area contributed by atoms with Gasteiger partial charge in [0.15, 0.2) is 5.78 Å². The van der Waals surface area contributed by atoms with Gasteiger partial charge in [-0.05, 0) is 142 Å². The predicted octanol–water partition coefficient (Wildman–Crippen LogP) is 7.07. The summed E-state index contributed by atoms with van der Waals surface area (Å²) in [6.45, 7) is 22.0. The van der Waals surface area contributed by atoms with Crippen LogP contribution in [0.1, 0.15) is 149 Å². The number of H-pyrrole nitrogens is 3. The lowest BCUT2D eigenvalue weighted by Gasteiger charge is -2.26. The number of ether oxygens (including phenoxy) is 2. The van der Waals surface area contributed by atoms with Gasteiger partial charge in [0.25, 0.3) is 0 Å². The first-order valence-corrected chi connectivity index (χ1v) is 22.2. The Hall–Kier alpha value is -4.79. The molecule has 4 N–H and O–H groups in total. The van der Waals surface area contributed by atoms with Crippen LogP contribution in [-0.4, -0.2) is 52.4 Å². The number of aromatic nitrogens is 3. The summed E-state index contributed by atoms with van der Waals surface area (Å²) in [7, 11) is 1.33. The first-order valence-electron chi connectivity index (χ1n) is 22.2. The molecule has 2 aliphatic heterocycles. The normalized spacial score (nSPS) is 20.8. The molecule has 1 unspecified atom stereocenters. The molecular formula is C50H68N4O5. The van der Waals surface area contributed by atoms with Gasteiger partial charge >= 0.3 is 11.9 Å². The molecule has 6 rings (SSSR count). The first-order chi connectivity index (χ1) is 28.2. The molecule has 59 heavy (non-hydrogen) atoms. The highest BCUT2D eigenvalue weighted by Crippen LogP contribution is 2.39. The van der Waals surface area contributed by atoms with Gasteiger partial charge in [-0.2, -0.15) is 0 Å². The Bertz CT molecular complexity index is 2410. The molecular weight excluding hydrogens is 737 g/mol. The van der Waals surface area contributed by atoms with Gasteiger partial charge in [-0.25, -0.2) is 0 Å². The molecule has 5 heterocycles. The van der Waals surface area contributed by atoms with Gasteiger partial charge in [0.05, 0.1) is 18.5 Å². The molecule has 0 radical (unpaired) electrons. The number of ketones is 1. The van der Waals surface area contributed by atoms with Crippen molar-refractivity contribution in [1.82, 2.24) is 20.3 Å². The molecule has 318 valence electrons. The molecule has 0 saturated heterocycles. The maximum absolute atomic E-state index is 14.4. The van der Waals surface area contributed by atoms with Crippen molar-refractivity contribution in [1.29, 1.82) is 0 Å². The number of aromatic amines is 3. The third-order valence-corrected chi connectivity index (χ3v) is 13.4. The van der Waals surface area contributed by atoms with Crippen molar-refractivity contribution in [2.24, 2.45) is 23.7 Å². The summed E-state index contributed by atoms with van der Waals surface area (Å²) in [5.74, 6) is -0.923. The van der Waals surface area contributed by atoms with E-state index in [1.807, 2.05) is 13.0 Å². The van der Waals surface area contributed by atoms with Crippen LogP contribution in [0.5, 0.6) is 0 Å². The van der Waals surface area contributed by atoms with E-state index in [1.54, 1.807) is 0 Å². The summed E-state index contributed by atoms with van der Waals surface area (Å²) in [5.41, 5.74) is 12.0. The highest BCUT2D eigenvalue weighted by atomic mass is 16.5. The fraction of sp³-hybridized carbons (Fsp3) is 0.540. The topological polar surface area (TPSA) is 129 Å². The van der Waals surface area contributed by atoms with Crippen LogP contribution < -0.4 is 26.7 Å². The number of Topliss-reactive ketones (excluding diaryl/α,β-unsaturated/α-hetero) is 1. The van der Waals surface area contributed by atoms with E-state index in [-0.39, 0.29) is 30.7 Å². The van der Waals surface area contributed by atoms with Crippen LogP contribution in [0, 0.1) is 44.4 Å². The van der Waals surface area contributed by atoms with Crippen molar-refractivity contribution >= 4 is 41.5 Å². The van der Waals surface area contributed by atoms with E-state index < -0.39 is 17.9 Å². The Balaban J connectivity index is 1.34. The van der Waals surface area contributed by atoms with E-state index in [0.717, 1.165) is 81.8 Å². The zero-order valence-corrected chi connectivity index (χ0v) is 37.5. The highest BCUT2D eigenvalue weighted by molar-refractivity contribution is 6.19. The summed E-state index contributed by atoms with van der Waals surface area (Å²) >= 11 is 0. The summed E-state index contributed by atoms with van der Waals surface area (Å²) in [5, 5.41) is 7.30. The standard InChI is InChI=1S/C50H68N4O5/c1-12-34-30(7)37-24-39-32(9)36(20-21-43(55)59-23-22-29(6)19-15-18-28(5)17-14-16-27(3)4)47(53-39)45-46(50(57)58-11)49(56)44-33(10)40(54-48(44)45)26-42-35(13-2)31(8)38(52-42)25-41(34)51-37/h22,24-28,36,46-47,51-54H,12-21,23H2,1-11H3/b29-22+,37-24-,40-26-,41-25-/t28-,36+,46-,47?/m1/s1. The van der Waals surface area contributed by atoms with Crippen LogP contribution >= 0.6 is 0 Å². The molecule has 3 aromatic rings. The smallest absolute Gasteiger partial charge is 0.320 e. The fourth-order valence-electron chi connectivity index (χ4n) is 9.77. The number of hydrogen-bond donors (Lipinski definition) is 4. The molecule has 0 saturated carbocycles. The summed E-state index contributed by atoms with van der Waals surface area (Å²) in [4.78, 5) is 52.4. The number of esters is 2. The lowest BCUT2D eigenvalue weighted by atomic mass is 9.82. The SMILES string of the molecule is CCc1c2[nH]c(c1C)/C=c1\[nH]/c(c(C)c1CC)=C\C1=C(C)[C@H](CCC(=O)OC/C=C(\C)CCC[C@H](C)CCCC(C)C)C(N1)C1=c3[nH]/c(c(C)c3C(=O)[C@@H]1C(=O)OC)=C\2. The maximum atomic E-state index is 14.4. The molecule has 0 aromatic carbocycles. The van der Waals surface area contributed by atoms with Crippen molar-refractivity contribution in [2.75, 3.05) is 13.7 Å². The molecule has 4 atom stereocenters. The van der Waals surface area contributed by atoms with Crippen molar-refractivity contribution in [3.8, 4) is 0 Å². The number of allylic oxidation sites excluding steroid dienone is 2. The van der Waals surface area contributed by atoms with E-state index >= 15 is 0 Å². The monoisotopic (exact) mass is 805 g/mol. The third kappa shape index (κ3) is 9.04. The molecule has 3 aromatic heterocycles. The van der Waals surface area contributed by atoms with E-state index in [0.29, 0.717) is 22.9 Å². The van der Waals surface area contributed by atoms with Crippen molar-refractivity contribution in [3.63, 3.8) is 0 Å². The van der Waals surface area contributed by atoms with E-state index in [2.05, 4.69) is 101 Å². The van der Waals surface area contributed by atoms with Gasteiger partial charge in [-0.3, -0.25) is 14.4 Å². The minimum Gasteiger partial charge on any atom is -0.468 e. The summed E-state index contributed by atoms with van der Waals surface area (Å²) in [6.07, 6.45) is 18.1. The quantitative estimate of drug-likeness (QED) is 0.0697. The predicted molar refractivity (Wildman–Crippen MR) is 237 cm³/mol. The van der Waals surface area contributed by atoms with E-state index in [4.69, 9.17) is 9.47 Å². The number of methoxy groups -OCH3 is 1. The second-order valence-corrected chi connectivity index (χ2v) is 17.9. The van der Waals surface area contributed by atoms with E-state index in [1.165, 1.54) is 60.6 Å². The van der Waals surface area contributed by atoms with E-state index in [9.17, 15) is 14.4 Å². The van der Waals surface area contributed by atoms with Gasteiger partial charge in [-0.15, -0.1) is 0 Å². The van der Waals surface area contributed by atoms with Crippen molar-refractivity contribution < 1.29 is 23.9 Å². The molecule has 3 aliphatic rings. The zero-order valence-electron chi connectivity index (χ0n) is 37.5. The highest BCUT2D eigenvalue weighted by Gasteiger charge is 2.47. The van der Waals surface area contributed by atoms with Crippen molar-refractivity contribution in [2.45, 2.75) is 139 Å². The second-order valence-electron chi connectivity index (χ2n) is 17.9. The lowest BCUT2D eigenvalue weighted by Crippen LogP contribution is -2.39. The van der Waals surface area contributed by atoms with Gasteiger partial charge < -0.3 is 29.7 Å². The minimum absolute atomic E-state index is 0.197. The summed E-state index contributed by atoms with van der Waals surface area (Å²) in [6, 6.07) is -0.449. The largest absolute Gasteiger partial charge is 0.468 e. The van der Waals surface area contributed by atoms with Crippen molar-refractivity contribution in [3.05, 3.63) is 89.1 Å². The number of carbonyl (C=O) groups is 3. The third-order valence-electron chi connectivity index (χ3n) is 13.4. The van der Waals surface area contributed by atoms with Crippen LogP contribution in [0.2, 0.25) is 0 Å². The van der Waals surface area contributed by atoms with Crippen LogP contribution in [-0.2, 0) is 31.9 Å². The number of nitrogens with one attached hydrogen (secondary N) is 4. The molecule has 0 amide bonds. The van der Waals surface area contributed by atoms with Gasteiger partial charge in [0.2, 0.25) is 0 Å². The number of fused-ring (bicyclic) bond motifs is 8. The lowest BCUT2D eigenvalue weighted by molar-refractivity contribution is -0.143. The first kappa shape index (κ1) is 43.8. The second kappa shape index (κ2) is 18.6. The van der Waals surface area contributed by atoms with Crippen LogP contribution in [0.25, 0.3) is 23.8 Å².